The van der Waals surface area contributed by atoms with Crippen molar-refractivity contribution in [3.63, 3.8) is 0 Å². The Morgan fingerprint density at radius 3 is 1.42 bits per heavy atom. The number of hydrogen-bond acceptors (Lipinski definition) is 6. The molecule has 0 aromatic heterocycles. The second-order valence-electron chi connectivity index (χ2n) is 4.26. The van der Waals surface area contributed by atoms with Crippen LogP contribution in [0.25, 0.3) is 0 Å². The molecule has 0 aromatic carbocycles. The van der Waals surface area contributed by atoms with Crippen molar-refractivity contribution in [1.82, 2.24) is 0 Å². The summed E-state index contributed by atoms with van der Waals surface area (Å²) in [7, 11) is -7.47. The highest BCUT2D eigenvalue weighted by Crippen LogP contribution is 2.12. The van der Waals surface area contributed by atoms with Gasteiger partial charge in [0.1, 0.15) is 0 Å². The van der Waals surface area contributed by atoms with Gasteiger partial charge < -0.3 is 0 Å². The third kappa shape index (κ3) is 9.37. The van der Waals surface area contributed by atoms with E-state index in [-0.39, 0.29) is 17.9 Å². The van der Waals surface area contributed by atoms with E-state index in [0.717, 1.165) is 12.8 Å². The Labute approximate surface area is 116 Å². The Morgan fingerprint density at radius 1 is 0.789 bits per heavy atom. The largest absolute Gasteiger partial charge is 0.269 e. The maximum atomic E-state index is 11.6. The van der Waals surface area contributed by atoms with Crippen LogP contribution in [0.3, 0.4) is 0 Å². The first-order valence-electron chi connectivity index (χ1n) is 6.58. The monoisotopic (exact) mass is 316 g/mol. The Bertz CT molecular complexity index is 386. The van der Waals surface area contributed by atoms with Gasteiger partial charge in [-0.3, -0.25) is 0 Å². The van der Waals surface area contributed by atoms with Crippen LogP contribution in [0.2, 0.25) is 0 Å². The van der Waals surface area contributed by atoms with Gasteiger partial charge in [-0.2, -0.15) is 16.8 Å². The number of hydrogen-bond donors (Lipinski definition) is 0. The van der Waals surface area contributed by atoms with Gasteiger partial charge in [-0.1, -0.05) is 33.6 Å². The van der Waals surface area contributed by atoms with Crippen LogP contribution in [-0.4, -0.2) is 34.6 Å². The minimum atomic E-state index is -3.74. The average Bonchev–Trinajstić information content (AvgIpc) is 2.32. The van der Waals surface area contributed by atoms with Crippen LogP contribution >= 0.6 is 0 Å². The maximum absolute atomic E-state index is 11.6. The summed E-state index contributed by atoms with van der Waals surface area (Å²) in [5, 5.41) is 0. The van der Waals surface area contributed by atoms with Crippen LogP contribution in [0, 0.1) is 0 Å². The molecule has 0 aromatic rings. The van der Waals surface area contributed by atoms with Gasteiger partial charge in [0.05, 0.1) is 11.5 Å². The second kappa shape index (κ2) is 8.89. The van der Waals surface area contributed by atoms with Gasteiger partial charge in [0.15, 0.2) is 6.29 Å². The Balaban J connectivity index is 4.51. The predicted octanol–water partition coefficient (Wildman–Crippen LogP) is 2.02. The zero-order valence-corrected chi connectivity index (χ0v) is 13.4. The average molecular weight is 316 g/mol. The molecule has 0 unspecified atom stereocenters. The summed E-state index contributed by atoms with van der Waals surface area (Å²) in [6.07, 6.45) is 1.27. The minimum absolute atomic E-state index is 0.127. The van der Waals surface area contributed by atoms with Gasteiger partial charge in [-0.25, -0.2) is 8.37 Å². The molecule has 0 aliphatic carbocycles. The lowest BCUT2D eigenvalue weighted by molar-refractivity contribution is 0.0148. The van der Waals surface area contributed by atoms with Crippen LogP contribution in [0.15, 0.2) is 0 Å². The van der Waals surface area contributed by atoms with Crippen molar-refractivity contribution in [2.45, 2.75) is 59.2 Å². The second-order valence-corrected chi connectivity index (χ2v) is 7.69. The first-order chi connectivity index (χ1) is 8.76. The number of rotatable bonds is 11. The fraction of sp³-hybridized carbons (Fsp3) is 1.00. The van der Waals surface area contributed by atoms with Crippen molar-refractivity contribution in [3.05, 3.63) is 0 Å². The van der Waals surface area contributed by atoms with Crippen molar-refractivity contribution < 1.29 is 25.2 Å². The fourth-order valence-electron chi connectivity index (χ4n) is 1.22. The quantitative estimate of drug-likeness (QED) is 0.428. The highest BCUT2D eigenvalue weighted by atomic mass is 32.2. The van der Waals surface area contributed by atoms with Crippen LogP contribution in [0.4, 0.5) is 0 Å². The molecule has 0 saturated heterocycles. The molecule has 0 spiro atoms. The van der Waals surface area contributed by atoms with Crippen molar-refractivity contribution in [2.75, 3.05) is 11.5 Å². The summed E-state index contributed by atoms with van der Waals surface area (Å²) in [6, 6.07) is 0. The van der Waals surface area contributed by atoms with Crippen molar-refractivity contribution in [2.24, 2.45) is 0 Å². The molecule has 0 fully saturated rings. The lowest BCUT2D eigenvalue weighted by Gasteiger charge is -2.16. The highest BCUT2D eigenvalue weighted by Gasteiger charge is 2.24. The molecule has 0 aliphatic heterocycles. The van der Waals surface area contributed by atoms with E-state index in [9.17, 15) is 16.8 Å². The molecule has 19 heavy (non-hydrogen) atoms. The third-order valence-corrected chi connectivity index (χ3v) is 4.93. The summed E-state index contributed by atoms with van der Waals surface area (Å²) in [5.74, 6) is -0.253. The van der Waals surface area contributed by atoms with E-state index in [1.54, 1.807) is 6.92 Å². The van der Waals surface area contributed by atoms with E-state index >= 15 is 0 Å². The first-order valence-corrected chi connectivity index (χ1v) is 9.73. The van der Waals surface area contributed by atoms with E-state index in [1.165, 1.54) is 0 Å². The molecule has 0 rings (SSSR count). The number of unbranched alkanes of at least 4 members (excludes halogenated alkanes) is 2. The van der Waals surface area contributed by atoms with Gasteiger partial charge in [-0.15, -0.1) is 0 Å². The molecule has 116 valence electrons. The molecule has 0 bridgehead atoms. The Hall–Kier alpha value is -0.180. The molecule has 0 amide bonds. The molecular formula is C11H24O6S2. The Kier molecular flexibility index (Phi) is 8.80. The van der Waals surface area contributed by atoms with Gasteiger partial charge in [0.2, 0.25) is 0 Å². The zero-order chi connectivity index (χ0) is 14.9. The smallest absolute Gasteiger partial charge is 0.237 e. The van der Waals surface area contributed by atoms with Gasteiger partial charge >= 0.3 is 0 Å². The minimum Gasteiger partial charge on any atom is -0.237 e. The van der Waals surface area contributed by atoms with E-state index in [2.05, 4.69) is 0 Å². The van der Waals surface area contributed by atoms with Crippen molar-refractivity contribution in [3.8, 4) is 0 Å². The molecule has 8 heteroatoms. The van der Waals surface area contributed by atoms with E-state index < -0.39 is 26.5 Å². The summed E-state index contributed by atoms with van der Waals surface area (Å²) in [4.78, 5) is 0. The van der Waals surface area contributed by atoms with Gasteiger partial charge in [0.25, 0.3) is 20.2 Å². The zero-order valence-electron chi connectivity index (χ0n) is 11.8. The van der Waals surface area contributed by atoms with E-state index in [0.29, 0.717) is 12.8 Å². The molecule has 0 N–H and O–H groups in total. The van der Waals surface area contributed by atoms with Gasteiger partial charge in [-0.05, 0) is 19.3 Å². The molecule has 6 nitrogen and oxygen atoms in total. The van der Waals surface area contributed by atoms with Crippen molar-refractivity contribution >= 4 is 20.2 Å². The predicted molar refractivity (Wildman–Crippen MR) is 73.6 cm³/mol. The topological polar surface area (TPSA) is 86.7 Å². The SMILES string of the molecule is CCCCS(=O)(=O)OC(CC)OS(=O)(=O)CCCC. The van der Waals surface area contributed by atoms with E-state index in [1.807, 2.05) is 13.8 Å². The maximum Gasteiger partial charge on any atom is 0.269 e. The first kappa shape index (κ1) is 18.8. The molecule has 0 atom stereocenters. The lowest BCUT2D eigenvalue weighted by Crippen LogP contribution is -2.26. The summed E-state index contributed by atoms with van der Waals surface area (Å²) in [6.45, 7) is 5.33. The Morgan fingerprint density at radius 2 is 1.16 bits per heavy atom. The molecule has 0 radical (unpaired) electrons. The summed E-state index contributed by atoms with van der Waals surface area (Å²) < 4.78 is 55.8. The van der Waals surface area contributed by atoms with E-state index in [4.69, 9.17) is 8.37 Å². The lowest BCUT2D eigenvalue weighted by atomic mass is 10.4. The normalized spacial score (nSPS) is 13.1. The summed E-state index contributed by atoms with van der Waals surface area (Å²) >= 11 is 0. The third-order valence-electron chi connectivity index (χ3n) is 2.34. The van der Waals surface area contributed by atoms with Crippen LogP contribution in [0.1, 0.15) is 52.9 Å². The fourth-order valence-corrected chi connectivity index (χ4v) is 3.75. The van der Waals surface area contributed by atoms with Crippen LogP contribution in [-0.2, 0) is 28.6 Å². The molecular weight excluding hydrogens is 292 g/mol. The van der Waals surface area contributed by atoms with Crippen LogP contribution in [0.5, 0.6) is 0 Å². The molecule has 0 heterocycles. The highest BCUT2D eigenvalue weighted by molar-refractivity contribution is 7.87. The van der Waals surface area contributed by atoms with Crippen molar-refractivity contribution in [1.29, 1.82) is 0 Å². The summed E-state index contributed by atoms with van der Waals surface area (Å²) in [5.41, 5.74) is 0. The standard InChI is InChI=1S/C11H24O6S2/c1-4-7-9-18(12,13)16-11(6-3)17-19(14,15)10-8-5-2/h11H,4-10H2,1-3H3. The molecule has 0 saturated carbocycles. The van der Waals surface area contributed by atoms with Crippen LogP contribution < -0.4 is 0 Å². The molecule has 0 aliphatic rings. The van der Waals surface area contributed by atoms with Gasteiger partial charge in [0, 0.05) is 0 Å².